The molecule has 0 unspecified atom stereocenters. The Hall–Kier alpha value is -3.37. The maximum atomic E-state index is 12.6. The SMILES string of the molecule is CC(=O)N1CCc2cc(OC/C(Nc3ccc(C(F)(F)F)nc3)=C(\C)N)nnc2C1. The highest BCUT2D eigenvalue weighted by Crippen LogP contribution is 2.28. The van der Waals surface area contributed by atoms with Gasteiger partial charge in [0.1, 0.15) is 12.3 Å². The first-order valence-corrected chi connectivity index (χ1v) is 9.12. The second kappa shape index (κ2) is 8.56. The second-order valence-electron chi connectivity index (χ2n) is 6.85. The van der Waals surface area contributed by atoms with Crippen molar-refractivity contribution >= 4 is 11.6 Å². The van der Waals surface area contributed by atoms with Crippen molar-refractivity contribution in [2.24, 2.45) is 5.73 Å². The number of hydrogen-bond acceptors (Lipinski definition) is 7. The lowest BCUT2D eigenvalue weighted by Gasteiger charge is -2.26. The second-order valence-corrected chi connectivity index (χ2v) is 6.85. The highest BCUT2D eigenvalue weighted by atomic mass is 19.4. The van der Waals surface area contributed by atoms with Crippen LogP contribution in [0, 0.1) is 0 Å². The number of rotatable bonds is 5. The van der Waals surface area contributed by atoms with E-state index in [9.17, 15) is 18.0 Å². The number of fused-ring (bicyclic) bond motifs is 1. The summed E-state index contributed by atoms with van der Waals surface area (Å²) in [4.78, 5) is 16.6. The number of pyridine rings is 1. The molecule has 3 heterocycles. The van der Waals surface area contributed by atoms with Gasteiger partial charge in [0.25, 0.3) is 0 Å². The average molecular weight is 422 g/mol. The van der Waals surface area contributed by atoms with Gasteiger partial charge in [-0.2, -0.15) is 13.2 Å². The van der Waals surface area contributed by atoms with Crippen molar-refractivity contribution in [3.8, 4) is 5.88 Å². The van der Waals surface area contributed by atoms with Crippen molar-refractivity contribution in [3.05, 3.63) is 52.7 Å². The van der Waals surface area contributed by atoms with Crippen molar-refractivity contribution in [2.45, 2.75) is 33.0 Å². The normalized spacial score (nSPS) is 14.6. The van der Waals surface area contributed by atoms with Crippen LogP contribution in [0.2, 0.25) is 0 Å². The van der Waals surface area contributed by atoms with Crippen LogP contribution in [0.1, 0.15) is 30.8 Å². The van der Waals surface area contributed by atoms with E-state index in [-0.39, 0.29) is 18.4 Å². The van der Waals surface area contributed by atoms with E-state index in [1.54, 1.807) is 17.9 Å². The summed E-state index contributed by atoms with van der Waals surface area (Å²) in [5.74, 6) is 0.274. The van der Waals surface area contributed by atoms with Gasteiger partial charge in [0.05, 0.1) is 29.8 Å². The molecule has 1 aliphatic rings. The number of hydrogen-bond donors (Lipinski definition) is 2. The monoisotopic (exact) mass is 422 g/mol. The smallest absolute Gasteiger partial charge is 0.433 e. The van der Waals surface area contributed by atoms with E-state index in [1.807, 2.05) is 0 Å². The Bertz CT molecular complexity index is 956. The Balaban J connectivity index is 1.65. The summed E-state index contributed by atoms with van der Waals surface area (Å²) in [5.41, 5.74) is 7.76. The number of allylic oxidation sites excluding steroid dienone is 1. The van der Waals surface area contributed by atoms with Gasteiger partial charge in [-0.25, -0.2) is 4.98 Å². The van der Waals surface area contributed by atoms with Crippen LogP contribution < -0.4 is 15.8 Å². The largest absolute Gasteiger partial charge is 0.470 e. The average Bonchev–Trinajstić information content (AvgIpc) is 2.70. The Morgan fingerprint density at radius 3 is 2.67 bits per heavy atom. The molecule has 1 aliphatic heterocycles. The molecule has 1 amide bonds. The topological polar surface area (TPSA) is 106 Å². The van der Waals surface area contributed by atoms with E-state index in [0.717, 1.165) is 23.5 Å². The maximum absolute atomic E-state index is 12.6. The first-order chi connectivity index (χ1) is 14.1. The van der Waals surface area contributed by atoms with E-state index in [4.69, 9.17) is 10.5 Å². The minimum absolute atomic E-state index is 0.0103. The predicted octanol–water partition coefficient (Wildman–Crippen LogP) is 2.48. The summed E-state index contributed by atoms with van der Waals surface area (Å²) in [5, 5.41) is 11.1. The summed E-state index contributed by atoms with van der Waals surface area (Å²) in [6, 6.07) is 3.91. The zero-order valence-electron chi connectivity index (χ0n) is 16.5. The van der Waals surface area contributed by atoms with Crippen LogP contribution in [-0.2, 0) is 23.9 Å². The van der Waals surface area contributed by atoms with Crippen LogP contribution in [0.25, 0.3) is 0 Å². The molecule has 3 N–H and O–H groups in total. The zero-order chi connectivity index (χ0) is 21.9. The number of anilines is 1. The van der Waals surface area contributed by atoms with E-state index >= 15 is 0 Å². The fraction of sp³-hybridized carbons (Fsp3) is 0.368. The highest BCUT2D eigenvalue weighted by molar-refractivity contribution is 5.73. The molecule has 3 rings (SSSR count). The van der Waals surface area contributed by atoms with Crippen LogP contribution >= 0.6 is 0 Å². The van der Waals surface area contributed by atoms with Crippen molar-refractivity contribution in [1.82, 2.24) is 20.1 Å². The summed E-state index contributed by atoms with van der Waals surface area (Å²) in [7, 11) is 0. The number of alkyl halides is 3. The fourth-order valence-electron chi connectivity index (χ4n) is 2.84. The quantitative estimate of drug-likeness (QED) is 0.762. The molecule has 0 aliphatic carbocycles. The van der Waals surface area contributed by atoms with E-state index in [2.05, 4.69) is 20.5 Å². The lowest BCUT2D eigenvalue weighted by atomic mass is 10.1. The van der Waals surface area contributed by atoms with Crippen LogP contribution in [0.3, 0.4) is 0 Å². The Morgan fingerprint density at radius 2 is 2.07 bits per heavy atom. The molecule has 0 atom stereocenters. The molecule has 30 heavy (non-hydrogen) atoms. The molecule has 0 aromatic carbocycles. The van der Waals surface area contributed by atoms with Crippen LogP contribution in [0.4, 0.5) is 18.9 Å². The van der Waals surface area contributed by atoms with Crippen molar-refractivity contribution in [3.63, 3.8) is 0 Å². The third-order valence-corrected chi connectivity index (χ3v) is 4.56. The lowest BCUT2D eigenvalue weighted by molar-refractivity contribution is -0.141. The minimum Gasteiger partial charge on any atom is -0.470 e. The van der Waals surface area contributed by atoms with Gasteiger partial charge in [0.15, 0.2) is 0 Å². The van der Waals surface area contributed by atoms with Crippen molar-refractivity contribution in [1.29, 1.82) is 0 Å². The van der Waals surface area contributed by atoms with Crippen LogP contribution in [-0.4, -0.2) is 39.1 Å². The van der Waals surface area contributed by atoms with Crippen LogP contribution in [0.5, 0.6) is 5.88 Å². The molecule has 0 spiro atoms. The number of nitrogens with zero attached hydrogens (tertiary/aromatic N) is 4. The zero-order valence-corrected chi connectivity index (χ0v) is 16.5. The first kappa shape index (κ1) is 21.3. The molecule has 0 fully saturated rings. The van der Waals surface area contributed by atoms with E-state index in [0.29, 0.717) is 36.6 Å². The molecule has 0 saturated carbocycles. The third-order valence-electron chi connectivity index (χ3n) is 4.56. The fourth-order valence-corrected chi connectivity index (χ4v) is 2.84. The number of halogens is 3. The Morgan fingerprint density at radius 1 is 1.30 bits per heavy atom. The number of aromatic nitrogens is 3. The number of nitrogens with one attached hydrogen (secondary N) is 1. The van der Waals surface area contributed by atoms with Gasteiger partial charge in [-0.3, -0.25) is 4.79 Å². The summed E-state index contributed by atoms with van der Waals surface area (Å²) >= 11 is 0. The van der Waals surface area contributed by atoms with Crippen LogP contribution in [0.15, 0.2) is 35.8 Å². The molecule has 8 nitrogen and oxygen atoms in total. The third kappa shape index (κ3) is 5.16. The maximum Gasteiger partial charge on any atom is 0.433 e. The van der Waals surface area contributed by atoms with Crippen molar-refractivity contribution < 1.29 is 22.7 Å². The standard InChI is InChI=1S/C19H21F3N6O2/c1-11(23)16(25-14-3-4-17(24-8-14)19(20,21)22)10-30-18-7-13-5-6-28(12(2)29)9-15(13)26-27-18/h3-4,7-8,25H,5-6,9-10,23H2,1-2H3/b16-11-. The summed E-state index contributed by atoms with van der Waals surface area (Å²) < 4.78 is 43.6. The Kier molecular flexibility index (Phi) is 6.09. The first-order valence-electron chi connectivity index (χ1n) is 9.12. The lowest BCUT2D eigenvalue weighted by Crippen LogP contribution is -2.35. The van der Waals surface area contributed by atoms with Gasteiger partial charge >= 0.3 is 6.18 Å². The van der Waals surface area contributed by atoms with Gasteiger partial charge in [0.2, 0.25) is 11.8 Å². The molecule has 0 saturated heterocycles. The molecular weight excluding hydrogens is 401 g/mol. The number of carbonyl (C=O) groups is 1. The number of carbonyl (C=O) groups excluding carboxylic acids is 1. The number of ether oxygens (including phenoxy) is 1. The molecule has 0 bridgehead atoms. The van der Waals surface area contributed by atoms with Gasteiger partial charge in [-0.15, -0.1) is 10.2 Å². The summed E-state index contributed by atoms with van der Waals surface area (Å²) in [6.07, 6.45) is -2.78. The van der Waals surface area contributed by atoms with E-state index in [1.165, 1.54) is 13.0 Å². The van der Waals surface area contributed by atoms with Gasteiger partial charge < -0.3 is 20.7 Å². The number of nitrogens with two attached hydrogens (primary N) is 1. The van der Waals surface area contributed by atoms with Gasteiger partial charge in [-0.1, -0.05) is 0 Å². The van der Waals surface area contributed by atoms with Gasteiger partial charge in [-0.05, 0) is 31.0 Å². The molecule has 2 aromatic heterocycles. The van der Waals surface area contributed by atoms with Crippen molar-refractivity contribution in [2.75, 3.05) is 18.5 Å². The van der Waals surface area contributed by atoms with E-state index < -0.39 is 11.9 Å². The molecule has 160 valence electrons. The summed E-state index contributed by atoms with van der Waals surface area (Å²) in [6.45, 7) is 4.17. The Labute approximate surface area is 170 Å². The predicted molar refractivity (Wildman–Crippen MR) is 102 cm³/mol. The molecule has 0 radical (unpaired) electrons. The minimum atomic E-state index is -4.50. The van der Waals surface area contributed by atoms with Gasteiger partial charge in [0, 0.05) is 25.2 Å². The molecule has 11 heteroatoms. The molecular formula is C19H21F3N6O2. The number of amides is 1. The highest BCUT2D eigenvalue weighted by Gasteiger charge is 2.32. The molecule has 2 aromatic rings.